The van der Waals surface area contributed by atoms with E-state index in [1.54, 1.807) is 26.1 Å². The molecule has 1 aromatic carbocycles. The van der Waals surface area contributed by atoms with Crippen LogP contribution in [0.1, 0.15) is 47.7 Å². The Kier molecular flexibility index (Phi) is 5.72. The van der Waals surface area contributed by atoms with E-state index in [1.165, 1.54) is 12.1 Å². The fourth-order valence-electron chi connectivity index (χ4n) is 4.29. The summed E-state index contributed by atoms with van der Waals surface area (Å²) in [5.41, 5.74) is 1.39. The second-order valence-corrected chi connectivity index (χ2v) is 8.37. The predicted molar refractivity (Wildman–Crippen MR) is 123 cm³/mol. The first kappa shape index (κ1) is 22.6. The largest absolute Gasteiger partial charge is 0.363 e. The van der Waals surface area contributed by atoms with E-state index in [9.17, 15) is 13.2 Å². The van der Waals surface area contributed by atoms with E-state index in [-0.39, 0.29) is 5.56 Å². The van der Waals surface area contributed by atoms with E-state index < -0.39 is 23.8 Å². The van der Waals surface area contributed by atoms with E-state index in [4.69, 9.17) is 5.26 Å². The van der Waals surface area contributed by atoms with E-state index in [1.807, 2.05) is 10.7 Å². The van der Waals surface area contributed by atoms with Gasteiger partial charge in [-0.15, -0.1) is 0 Å². The third kappa shape index (κ3) is 4.23. The summed E-state index contributed by atoms with van der Waals surface area (Å²) in [6.07, 6.45) is -1.25. The number of nitrogens with zero attached hydrogens (tertiary/aromatic N) is 7. The molecule has 0 saturated heterocycles. The summed E-state index contributed by atoms with van der Waals surface area (Å²) >= 11 is 0. The Morgan fingerprint density at radius 3 is 2.71 bits per heavy atom. The van der Waals surface area contributed by atoms with Crippen molar-refractivity contribution in [1.29, 1.82) is 5.26 Å². The SMILES string of the molecule is Cc1nc(N[C@H](C)c2cccc(C(F)F)c2F)c2cc(N3CCn4nc(C#N)cc4C3)ncc2n1. The van der Waals surface area contributed by atoms with Gasteiger partial charge in [-0.2, -0.15) is 10.4 Å². The van der Waals surface area contributed by atoms with Gasteiger partial charge in [-0.25, -0.2) is 28.1 Å². The second-order valence-electron chi connectivity index (χ2n) is 8.37. The minimum Gasteiger partial charge on any atom is -0.363 e. The van der Waals surface area contributed by atoms with Gasteiger partial charge in [-0.05, 0) is 26.0 Å². The Labute approximate surface area is 199 Å². The van der Waals surface area contributed by atoms with Crippen LogP contribution in [0, 0.1) is 24.1 Å². The molecule has 3 aromatic heterocycles. The number of anilines is 2. The topological polar surface area (TPSA) is 95.6 Å². The predicted octanol–water partition coefficient (Wildman–Crippen LogP) is 4.67. The van der Waals surface area contributed by atoms with Crippen molar-refractivity contribution in [2.24, 2.45) is 0 Å². The van der Waals surface area contributed by atoms with Gasteiger partial charge < -0.3 is 10.2 Å². The van der Waals surface area contributed by atoms with Crippen molar-refractivity contribution in [2.75, 3.05) is 16.8 Å². The number of pyridine rings is 1. The number of hydrogen-bond acceptors (Lipinski definition) is 7. The van der Waals surface area contributed by atoms with Gasteiger partial charge in [0.1, 0.15) is 29.3 Å². The van der Waals surface area contributed by atoms with Crippen molar-refractivity contribution in [2.45, 2.75) is 39.4 Å². The maximum atomic E-state index is 14.7. The first-order valence-corrected chi connectivity index (χ1v) is 11.0. The monoisotopic (exact) mass is 478 g/mol. The number of alkyl halides is 2. The number of nitriles is 1. The van der Waals surface area contributed by atoms with Gasteiger partial charge in [-0.3, -0.25) is 4.68 Å². The lowest BCUT2D eigenvalue weighted by Crippen LogP contribution is -2.34. The van der Waals surface area contributed by atoms with Crippen LogP contribution in [-0.2, 0) is 13.1 Å². The number of nitrogens with one attached hydrogen (secondary N) is 1. The molecule has 0 spiro atoms. The van der Waals surface area contributed by atoms with E-state index in [2.05, 4.69) is 36.3 Å². The van der Waals surface area contributed by atoms with Crippen LogP contribution >= 0.6 is 0 Å². The van der Waals surface area contributed by atoms with Crippen LogP contribution in [-0.4, -0.2) is 31.3 Å². The molecule has 0 bridgehead atoms. The molecule has 4 heterocycles. The lowest BCUT2D eigenvalue weighted by atomic mass is 10.0. The first-order chi connectivity index (χ1) is 16.8. The molecule has 0 amide bonds. The second kappa shape index (κ2) is 8.87. The summed E-state index contributed by atoms with van der Waals surface area (Å²) in [5, 5.41) is 17.2. The average Bonchev–Trinajstić information content (AvgIpc) is 3.26. The Bertz CT molecular complexity index is 1460. The number of benzene rings is 1. The van der Waals surface area contributed by atoms with Crippen molar-refractivity contribution in [3.63, 3.8) is 0 Å². The van der Waals surface area contributed by atoms with Gasteiger partial charge in [0.25, 0.3) is 6.43 Å². The molecule has 0 aliphatic carbocycles. The maximum absolute atomic E-state index is 14.7. The molecule has 0 unspecified atom stereocenters. The van der Waals surface area contributed by atoms with Gasteiger partial charge in [0.2, 0.25) is 0 Å². The van der Waals surface area contributed by atoms with Crippen LogP contribution in [0.3, 0.4) is 0 Å². The molecule has 178 valence electrons. The molecular formula is C24H21F3N8. The standard InChI is InChI=1S/C24H21F3N8/c1-13(17-4-3-5-18(22(17)25)23(26)27)30-24-19-9-21(29-11-20(19)31-14(2)32-24)34-6-7-35-16(12-34)8-15(10-28)33-35/h3-5,8-9,11,13,23H,6-7,12H2,1-2H3,(H,30,31,32)/t13-/m1/s1. The summed E-state index contributed by atoms with van der Waals surface area (Å²) in [5.74, 6) is 0.716. The zero-order chi connectivity index (χ0) is 24.7. The van der Waals surface area contributed by atoms with Gasteiger partial charge in [0.15, 0.2) is 5.69 Å². The molecule has 5 rings (SSSR count). The quantitative estimate of drug-likeness (QED) is 0.445. The van der Waals surface area contributed by atoms with Crippen LogP contribution < -0.4 is 10.2 Å². The summed E-state index contributed by atoms with van der Waals surface area (Å²) in [6, 6.07) is 9.03. The van der Waals surface area contributed by atoms with Crippen molar-refractivity contribution < 1.29 is 13.2 Å². The van der Waals surface area contributed by atoms with Crippen molar-refractivity contribution >= 4 is 22.5 Å². The van der Waals surface area contributed by atoms with Crippen LogP contribution in [0.4, 0.5) is 24.8 Å². The molecule has 0 fully saturated rings. The molecule has 1 aliphatic rings. The average molecular weight is 478 g/mol. The molecule has 1 aliphatic heterocycles. The summed E-state index contributed by atoms with van der Waals surface area (Å²) in [4.78, 5) is 15.6. The normalized spacial score (nSPS) is 14.1. The van der Waals surface area contributed by atoms with Gasteiger partial charge in [0.05, 0.1) is 42.1 Å². The number of aromatic nitrogens is 5. The van der Waals surface area contributed by atoms with Crippen molar-refractivity contribution in [3.05, 3.63) is 70.7 Å². The van der Waals surface area contributed by atoms with Crippen LogP contribution in [0.15, 0.2) is 36.5 Å². The molecule has 0 saturated carbocycles. The number of aryl methyl sites for hydroxylation is 1. The van der Waals surface area contributed by atoms with Gasteiger partial charge >= 0.3 is 0 Å². The number of fused-ring (bicyclic) bond motifs is 2. The Balaban J connectivity index is 1.48. The van der Waals surface area contributed by atoms with Gasteiger partial charge in [0, 0.05) is 17.5 Å². The third-order valence-electron chi connectivity index (χ3n) is 6.03. The third-order valence-corrected chi connectivity index (χ3v) is 6.03. The molecule has 1 N–H and O–H groups in total. The summed E-state index contributed by atoms with van der Waals surface area (Å²) in [6.45, 7) is 5.22. The zero-order valence-electron chi connectivity index (χ0n) is 19.0. The van der Waals surface area contributed by atoms with Crippen molar-refractivity contribution in [1.82, 2.24) is 24.7 Å². The molecular weight excluding hydrogens is 457 g/mol. The number of hydrogen-bond donors (Lipinski definition) is 1. The first-order valence-electron chi connectivity index (χ1n) is 11.0. The fraction of sp³-hybridized carbons (Fsp3) is 0.292. The van der Waals surface area contributed by atoms with Crippen LogP contribution in [0.5, 0.6) is 0 Å². The summed E-state index contributed by atoms with van der Waals surface area (Å²) in [7, 11) is 0. The highest BCUT2D eigenvalue weighted by Crippen LogP contribution is 2.31. The minimum atomic E-state index is -2.90. The van der Waals surface area contributed by atoms with Crippen LogP contribution in [0.25, 0.3) is 10.9 Å². The van der Waals surface area contributed by atoms with E-state index in [0.717, 1.165) is 11.8 Å². The molecule has 0 radical (unpaired) electrons. The molecule has 35 heavy (non-hydrogen) atoms. The van der Waals surface area contributed by atoms with Crippen LogP contribution in [0.2, 0.25) is 0 Å². The summed E-state index contributed by atoms with van der Waals surface area (Å²) < 4.78 is 42.9. The zero-order valence-corrected chi connectivity index (χ0v) is 19.0. The Hall–Kier alpha value is -4.20. The highest BCUT2D eigenvalue weighted by Gasteiger charge is 2.22. The lowest BCUT2D eigenvalue weighted by Gasteiger charge is -2.28. The van der Waals surface area contributed by atoms with E-state index in [0.29, 0.717) is 53.7 Å². The molecule has 4 aromatic rings. The molecule has 1 atom stereocenters. The van der Waals surface area contributed by atoms with E-state index >= 15 is 0 Å². The Morgan fingerprint density at radius 2 is 1.94 bits per heavy atom. The molecule has 8 nitrogen and oxygen atoms in total. The molecule has 11 heteroatoms. The highest BCUT2D eigenvalue weighted by molar-refractivity contribution is 5.90. The maximum Gasteiger partial charge on any atom is 0.266 e. The minimum absolute atomic E-state index is 0.124. The highest BCUT2D eigenvalue weighted by atomic mass is 19.3. The van der Waals surface area contributed by atoms with Gasteiger partial charge in [-0.1, -0.05) is 18.2 Å². The smallest absolute Gasteiger partial charge is 0.266 e. The van der Waals surface area contributed by atoms with Crippen molar-refractivity contribution in [3.8, 4) is 6.07 Å². The number of halogens is 3. The lowest BCUT2D eigenvalue weighted by molar-refractivity contribution is 0.146. The number of rotatable bonds is 5. The fourth-order valence-corrected chi connectivity index (χ4v) is 4.29. The Morgan fingerprint density at radius 1 is 1.14 bits per heavy atom.